The van der Waals surface area contributed by atoms with Crippen molar-refractivity contribution in [3.63, 3.8) is 0 Å². The predicted octanol–water partition coefficient (Wildman–Crippen LogP) is 1.50. The van der Waals surface area contributed by atoms with Crippen LogP contribution in [0.5, 0.6) is 0 Å². The van der Waals surface area contributed by atoms with Gasteiger partial charge in [0.05, 0.1) is 19.1 Å². The van der Waals surface area contributed by atoms with Crippen molar-refractivity contribution in [3.05, 3.63) is 0 Å². The summed E-state index contributed by atoms with van der Waals surface area (Å²) in [5.74, 6) is 0.739. The minimum Gasteiger partial charge on any atom is -0.444 e. The monoisotopic (exact) mass is 391 g/mol. The van der Waals surface area contributed by atoms with E-state index in [1.807, 2.05) is 20.8 Å². The second-order valence-corrected chi connectivity index (χ2v) is 8.42. The Bertz CT molecular complexity index is 590. The summed E-state index contributed by atoms with van der Waals surface area (Å²) < 4.78 is 43.0. The van der Waals surface area contributed by atoms with Gasteiger partial charge in [-0.15, -0.1) is 0 Å². The van der Waals surface area contributed by atoms with Crippen molar-refractivity contribution in [2.24, 2.45) is 4.99 Å². The van der Waals surface area contributed by atoms with Crippen molar-refractivity contribution in [3.8, 4) is 0 Å². The molecule has 3 aliphatic heterocycles. The van der Waals surface area contributed by atoms with E-state index in [0.29, 0.717) is 45.7 Å². The fourth-order valence-corrected chi connectivity index (χ4v) is 3.72. The Morgan fingerprint density at radius 1 is 1.22 bits per heavy atom. The number of alkyl halides is 3. The first kappa shape index (κ1) is 20.0. The van der Waals surface area contributed by atoms with E-state index in [4.69, 9.17) is 4.74 Å². The Kier molecular flexibility index (Phi) is 5.47. The van der Waals surface area contributed by atoms with Crippen molar-refractivity contribution < 1.29 is 22.7 Å². The van der Waals surface area contributed by atoms with Crippen LogP contribution in [0.2, 0.25) is 0 Å². The maximum Gasteiger partial charge on any atom is 0.410 e. The molecule has 3 heterocycles. The van der Waals surface area contributed by atoms with Crippen LogP contribution in [-0.2, 0) is 4.74 Å². The first-order valence-corrected chi connectivity index (χ1v) is 9.35. The Morgan fingerprint density at radius 3 is 2.63 bits per heavy atom. The minimum atomic E-state index is -4.16. The van der Waals surface area contributed by atoms with Crippen molar-refractivity contribution in [1.82, 2.24) is 20.0 Å². The van der Waals surface area contributed by atoms with E-state index in [-0.39, 0.29) is 18.2 Å². The summed E-state index contributed by atoms with van der Waals surface area (Å²) >= 11 is 0. The molecule has 0 saturated carbocycles. The summed E-state index contributed by atoms with van der Waals surface area (Å²) in [6.07, 6.45) is -3.82. The number of likely N-dealkylation sites (tertiary alicyclic amines) is 1. The predicted molar refractivity (Wildman–Crippen MR) is 94.6 cm³/mol. The zero-order valence-electron chi connectivity index (χ0n) is 16.1. The molecule has 0 aromatic rings. The normalized spacial score (nSPS) is 26.8. The number of aliphatic imine (C=N–C) groups is 1. The lowest BCUT2D eigenvalue weighted by atomic mass is 10.2. The van der Waals surface area contributed by atoms with Gasteiger partial charge in [0.25, 0.3) is 0 Å². The second kappa shape index (κ2) is 7.37. The van der Waals surface area contributed by atoms with Crippen LogP contribution in [0.4, 0.5) is 18.0 Å². The third-order valence-corrected chi connectivity index (χ3v) is 4.87. The summed E-state index contributed by atoms with van der Waals surface area (Å²) in [6.45, 7) is 7.72. The minimum absolute atomic E-state index is 0.0336. The van der Waals surface area contributed by atoms with Crippen LogP contribution < -0.4 is 5.32 Å². The summed E-state index contributed by atoms with van der Waals surface area (Å²) in [4.78, 5) is 22.0. The van der Waals surface area contributed by atoms with Gasteiger partial charge in [0.2, 0.25) is 0 Å². The van der Waals surface area contributed by atoms with Crippen LogP contribution in [0, 0.1) is 0 Å². The van der Waals surface area contributed by atoms with Gasteiger partial charge in [0, 0.05) is 38.8 Å². The molecule has 3 rings (SSSR count). The lowest BCUT2D eigenvalue weighted by molar-refractivity contribution is -0.143. The zero-order valence-corrected chi connectivity index (χ0v) is 16.1. The number of carbonyl (C=O) groups is 1. The Morgan fingerprint density at radius 2 is 1.96 bits per heavy atom. The molecule has 0 aliphatic carbocycles. The van der Waals surface area contributed by atoms with Crippen molar-refractivity contribution >= 4 is 12.1 Å². The highest BCUT2D eigenvalue weighted by Gasteiger charge is 2.39. The standard InChI is InChI=1S/C17H28F3N5O2/c1-16(2,3)27-15(26)24-6-7-25-13(10-24)8-21-14(25)22-12-4-5-23(9-12)11-17(18,19)20/h12-13H,4-11H2,1-3H3,(H,21,22). The molecule has 0 aromatic carbocycles. The maximum atomic E-state index is 12.5. The zero-order chi connectivity index (χ0) is 19.8. The molecule has 7 nitrogen and oxygen atoms in total. The Hall–Kier alpha value is -1.71. The summed E-state index contributed by atoms with van der Waals surface area (Å²) in [7, 11) is 0. The van der Waals surface area contributed by atoms with E-state index in [1.165, 1.54) is 4.90 Å². The van der Waals surface area contributed by atoms with Crippen LogP contribution in [-0.4, -0.2) is 96.4 Å². The number of fused-ring (bicyclic) bond motifs is 1. The van der Waals surface area contributed by atoms with Gasteiger partial charge in [-0.3, -0.25) is 9.89 Å². The molecule has 3 aliphatic rings. The number of ether oxygens (including phenoxy) is 1. The number of piperazine rings is 1. The summed E-state index contributed by atoms with van der Waals surface area (Å²) in [6, 6.07) is 0.0511. The first-order chi connectivity index (χ1) is 12.5. The maximum absolute atomic E-state index is 12.5. The molecule has 154 valence electrons. The average molecular weight is 391 g/mol. The van der Waals surface area contributed by atoms with Gasteiger partial charge in [-0.2, -0.15) is 13.2 Å². The number of rotatable bonds is 2. The van der Waals surface area contributed by atoms with E-state index in [2.05, 4.69) is 15.2 Å². The summed E-state index contributed by atoms with van der Waals surface area (Å²) in [5, 5.41) is 3.31. The highest BCUT2D eigenvalue weighted by atomic mass is 19.4. The highest BCUT2D eigenvalue weighted by molar-refractivity contribution is 5.83. The molecule has 2 unspecified atom stereocenters. The van der Waals surface area contributed by atoms with E-state index in [0.717, 1.165) is 5.96 Å². The van der Waals surface area contributed by atoms with Gasteiger partial charge in [-0.1, -0.05) is 0 Å². The lowest BCUT2D eigenvalue weighted by Gasteiger charge is -2.39. The van der Waals surface area contributed by atoms with Crippen LogP contribution in [0.15, 0.2) is 4.99 Å². The average Bonchev–Trinajstić information content (AvgIpc) is 3.11. The number of nitrogens with zero attached hydrogens (tertiary/aromatic N) is 4. The van der Waals surface area contributed by atoms with Gasteiger partial charge in [-0.25, -0.2) is 4.79 Å². The molecule has 10 heteroatoms. The molecule has 2 fully saturated rings. The number of hydrogen-bond acceptors (Lipinski definition) is 6. The van der Waals surface area contributed by atoms with Crippen molar-refractivity contribution in [1.29, 1.82) is 0 Å². The molecular weight excluding hydrogens is 363 g/mol. The molecule has 1 amide bonds. The fourth-order valence-electron chi connectivity index (χ4n) is 3.72. The third-order valence-electron chi connectivity index (χ3n) is 4.87. The molecular formula is C17H28F3N5O2. The van der Waals surface area contributed by atoms with Gasteiger partial charge < -0.3 is 19.9 Å². The molecule has 2 saturated heterocycles. The van der Waals surface area contributed by atoms with E-state index in [1.54, 1.807) is 4.90 Å². The van der Waals surface area contributed by atoms with Crippen LogP contribution in [0.3, 0.4) is 0 Å². The van der Waals surface area contributed by atoms with Gasteiger partial charge in [0.1, 0.15) is 5.60 Å². The largest absolute Gasteiger partial charge is 0.444 e. The number of amides is 1. The SMILES string of the molecule is CC(C)(C)OC(=O)N1CCN2C(NC3CCN(CC(F)(F)F)C3)=NCC2C1. The van der Waals surface area contributed by atoms with Gasteiger partial charge >= 0.3 is 12.3 Å². The van der Waals surface area contributed by atoms with Crippen molar-refractivity contribution in [2.45, 2.75) is 51.1 Å². The molecule has 1 N–H and O–H groups in total. The van der Waals surface area contributed by atoms with Crippen LogP contribution >= 0.6 is 0 Å². The first-order valence-electron chi connectivity index (χ1n) is 9.35. The second-order valence-electron chi connectivity index (χ2n) is 8.42. The number of hydrogen-bond donors (Lipinski definition) is 1. The van der Waals surface area contributed by atoms with E-state index >= 15 is 0 Å². The molecule has 0 bridgehead atoms. The number of nitrogens with one attached hydrogen (secondary N) is 1. The third kappa shape index (κ3) is 5.40. The van der Waals surface area contributed by atoms with Gasteiger partial charge in [-0.05, 0) is 27.2 Å². The number of guanidine groups is 1. The smallest absolute Gasteiger partial charge is 0.410 e. The molecule has 27 heavy (non-hydrogen) atoms. The quantitative estimate of drug-likeness (QED) is 0.773. The van der Waals surface area contributed by atoms with E-state index < -0.39 is 18.3 Å². The Balaban J connectivity index is 1.48. The van der Waals surface area contributed by atoms with E-state index in [9.17, 15) is 18.0 Å². The molecule has 2 atom stereocenters. The van der Waals surface area contributed by atoms with Crippen molar-refractivity contribution in [2.75, 3.05) is 45.8 Å². The van der Waals surface area contributed by atoms with Crippen LogP contribution in [0.1, 0.15) is 27.2 Å². The molecule has 0 spiro atoms. The number of carbonyl (C=O) groups excluding carboxylic acids is 1. The Labute approximate surface area is 157 Å². The molecule has 0 aromatic heterocycles. The van der Waals surface area contributed by atoms with Crippen LogP contribution in [0.25, 0.3) is 0 Å². The highest BCUT2D eigenvalue weighted by Crippen LogP contribution is 2.22. The number of halogens is 3. The molecule has 0 radical (unpaired) electrons. The topological polar surface area (TPSA) is 60.4 Å². The lowest BCUT2D eigenvalue weighted by Crippen LogP contribution is -2.58. The summed E-state index contributed by atoms with van der Waals surface area (Å²) in [5.41, 5.74) is -0.530. The van der Waals surface area contributed by atoms with Gasteiger partial charge in [0.15, 0.2) is 5.96 Å². The fraction of sp³-hybridized carbons (Fsp3) is 0.882.